The second-order valence-electron chi connectivity index (χ2n) is 7.18. The number of nitrogens with one attached hydrogen (secondary N) is 2. The molecule has 1 aromatic carbocycles. The number of anilines is 1. The van der Waals surface area contributed by atoms with Gasteiger partial charge in [-0.2, -0.15) is 0 Å². The highest BCUT2D eigenvalue weighted by molar-refractivity contribution is 7.09. The van der Waals surface area contributed by atoms with E-state index < -0.39 is 6.04 Å². The molecular weight excluding hydrogens is 392 g/mol. The van der Waals surface area contributed by atoms with Crippen LogP contribution in [0.4, 0.5) is 5.69 Å². The van der Waals surface area contributed by atoms with Gasteiger partial charge < -0.3 is 15.4 Å². The minimum Gasteiger partial charge on any atom is -0.482 e. The fraction of sp³-hybridized carbons (Fsp3) is 0.400. The van der Waals surface area contributed by atoms with Gasteiger partial charge in [-0.1, -0.05) is 6.07 Å². The Morgan fingerprint density at radius 3 is 3.10 bits per heavy atom. The van der Waals surface area contributed by atoms with Crippen LogP contribution in [-0.4, -0.2) is 41.9 Å². The summed E-state index contributed by atoms with van der Waals surface area (Å²) < 4.78 is 5.50. The van der Waals surface area contributed by atoms with Gasteiger partial charge in [0.25, 0.3) is 11.8 Å². The molecule has 29 heavy (non-hydrogen) atoms. The van der Waals surface area contributed by atoms with Gasteiger partial charge in [0, 0.05) is 11.9 Å². The van der Waals surface area contributed by atoms with Gasteiger partial charge in [-0.15, -0.1) is 11.3 Å². The maximum atomic E-state index is 12.5. The molecule has 4 rings (SSSR count). The number of ether oxygens (including phenoxy) is 1. The molecule has 0 radical (unpaired) electrons. The lowest BCUT2D eigenvalue weighted by atomic mass is 10.1. The molecule has 2 aromatic rings. The summed E-state index contributed by atoms with van der Waals surface area (Å²) in [7, 11) is 0. The van der Waals surface area contributed by atoms with Crippen LogP contribution in [-0.2, 0) is 16.1 Å². The quantitative estimate of drug-likeness (QED) is 0.794. The van der Waals surface area contributed by atoms with Gasteiger partial charge in [0.2, 0.25) is 5.91 Å². The fourth-order valence-electron chi connectivity index (χ4n) is 3.42. The molecule has 8 nitrogen and oxygen atoms in total. The molecule has 0 bridgehead atoms. The van der Waals surface area contributed by atoms with Gasteiger partial charge >= 0.3 is 0 Å². The predicted octanol–water partition coefficient (Wildman–Crippen LogP) is 1.78. The highest BCUT2D eigenvalue weighted by Crippen LogP contribution is 2.34. The van der Waals surface area contributed by atoms with Crippen molar-refractivity contribution in [2.24, 2.45) is 0 Å². The monoisotopic (exact) mass is 414 g/mol. The number of benzene rings is 1. The topological polar surface area (TPSA) is 101 Å². The summed E-state index contributed by atoms with van der Waals surface area (Å²) in [5, 5.41) is 7.86. The molecule has 0 aliphatic carbocycles. The summed E-state index contributed by atoms with van der Waals surface area (Å²) in [6, 6.07) is 5.15. The van der Waals surface area contributed by atoms with Crippen LogP contribution in [0, 0.1) is 6.92 Å². The van der Waals surface area contributed by atoms with Crippen molar-refractivity contribution in [3.05, 3.63) is 39.8 Å². The van der Waals surface area contributed by atoms with E-state index in [4.69, 9.17) is 4.74 Å². The Balaban J connectivity index is 1.47. The van der Waals surface area contributed by atoms with E-state index in [0.29, 0.717) is 29.4 Å². The third-order valence-electron chi connectivity index (χ3n) is 4.98. The second-order valence-corrected chi connectivity index (χ2v) is 8.12. The lowest BCUT2D eigenvalue weighted by molar-refractivity contribution is -0.123. The summed E-state index contributed by atoms with van der Waals surface area (Å²) in [5.41, 5.74) is 1.98. The van der Waals surface area contributed by atoms with Crippen molar-refractivity contribution < 1.29 is 19.1 Å². The van der Waals surface area contributed by atoms with Gasteiger partial charge in [-0.05, 0) is 43.9 Å². The van der Waals surface area contributed by atoms with Crippen molar-refractivity contribution in [3.63, 3.8) is 0 Å². The van der Waals surface area contributed by atoms with Crippen LogP contribution >= 0.6 is 11.3 Å². The number of carbonyl (C=O) groups excluding carboxylic acids is 3. The molecule has 2 N–H and O–H groups in total. The number of amides is 3. The first-order valence-electron chi connectivity index (χ1n) is 9.58. The Kier molecular flexibility index (Phi) is 5.48. The van der Waals surface area contributed by atoms with E-state index in [2.05, 4.69) is 15.6 Å². The molecule has 2 aliphatic rings. The third kappa shape index (κ3) is 4.24. The van der Waals surface area contributed by atoms with Crippen LogP contribution < -0.4 is 20.3 Å². The average molecular weight is 414 g/mol. The molecule has 152 valence electrons. The molecule has 0 spiro atoms. The molecule has 1 aromatic heterocycles. The minimum absolute atomic E-state index is 0.0223. The smallest absolute Gasteiger partial charge is 0.271 e. The van der Waals surface area contributed by atoms with E-state index in [1.807, 2.05) is 25.1 Å². The first-order valence-corrected chi connectivity index (χ1v) is 10.5. The SMILES string of the molecule is Cc1ccc2c(c1)N(Cc1nc(C(=O)NC3CCCCNC3=O)cs1)C(=O)CO2. The first kappa shape index (κ1) is 19.4. The van der Waals surface area contributed by atoms with E-state index >= 15 is 0 Å². The number of nitrogens with zero attached hydrogens (tertiary/aromatic N) is 2. The maximum Gasteiger partial charge on any atom is 0.271 e. The number of thiazole rings is 1. The molecular formula is C20H22N4O4S. The lowest BCUT2D eigenvalue weighted by Crippen LogP contribution is -2.45. The van der Waals surface area contributed by atoms with Crippen molar-refractivity contribution in [2.75, 3.05) is 18.1 Å². The summed E-state index contributed by atoms with van der Waals surface area (Å²) in [6.45, 7) is 2.83. The number of aryl methyl sites for hydroxylation is 1. The molecule has 3 heterocycles. The molecule has 0 saturated carbocycles. The van der Waals surface area contributed by atoms with Crippen molar-refractivity contribution in [3.8, 4) is 5.75 Å². The number of carbonyl (C=O) groups is 3. The molecule has 1 atom stereocenters. The molecule has 1 saturated heterocycles. The Morgan fingerprint density at radius 1 is 1.38 bits per heavy atom. The molecule has 1 fully saturated rings. The Labute approximate surface area is 172 Å². The van der Waals surface area contributed by atoms with Gasteiger partial charge in [0.15, 0.2) is 6.61 Å². The normalized spacial score (nSPS) is 19.1. The zero-order chi connectivity index (χ0) is 20.4. The highest BCUT2D eigenvalue weighted by atomic mass is 32.1. The number of hydrogen-bond acceptors (Lipinski definition) is 6. The standard InChI is InChI=1S/C20H22N4O4S/c1-12-5-6-16-15(8-12)24(18(25)10-28-16)9-17-22-14(11-29-17)20(27)23-13-4-2-3-7-21-19(13)26/h5-6,8,11,13H,2-4,7,9-10H2,1H3,(H,21,26)(H,23,27). The van der Waals surface area contributed by atoms with Crippen LogP contribution in [0.3, 0.4) is 0 Å². The minimum atomic E-state index is -0.536. The molecule has 3 amide bonds. The zero-order valence-corrected chi connectivity index (χ0v) is 16.9. The summed E-state index contributed by atoms with van der Waals surface area (Å²) >= 11 is 1.31. The van der Waals surface area contributed by atoms with Crippen molar-refractivity contribution in [2.45, 2.75) is 38.8 Å². The van der Waals surface area contributed by atoms with Gasteiger partial charge in [0.1, 0.15) is 22.5 Å². The predicted molar refractivity (Wildman–Crippen MR) is 108 cm³/mol. The zero-order valence-electron chi connectivity index (χ0n) is 16.1. The molecule has 2 aliphatic heterocycles. The summed E-state index contributed by atoms with van der Waals surface area (Å²) in [4.78, 5) is 43.0. The first-order chi connectivity index (χ1) is 14.0. The van der Waals surface area contributed by atoms with E-state index in [9.17, 15) is 14.4 Å². The Morgan fingerprint density at radius 2 is 2.24 bits per heavy atom. The van der Waals surface area contributed by atoms with Crippen LogP contribution in [0.25, 0.3) is 0 Å². The van der Waals surface area contributed by atoms with Crippen molar-refractivity contribution >= 4 is 34.7 Å². The third-order valence-corrected chi connectivity index (χ3v) is 5.81. The molecule has 1 unspecified atom stereocenters. The van der Waals surface area contributed by atoms with E-state index in [-0.39, 0.29) is 36.6 Å². The van der Waals surface area contributed by atoms with Crippen LogP contribution in [0.5, 0.6) is 5.75 Å². The Hall–Kier alpha value is -2.94. The van der Waals surface area contributed by atoms with Gasteiger partial charge in [-0.25, -0.2) is 4.98 Å². The lowest BCUT2D eigenvalue weighted by Gasteiger charge is -2.29. The van der Waals surface area contributed by atoms with E-state index in [0.717, 1.165) is 18.4 Å². The highest BCUT2D eigenvalue weighted by Gasteiger charge is 2.28. The van der Waals surface area contributed by atoms with Gasteiger partial charge in [-0.3, -0.25) is 19.3 Å². The maximum absolute atomic E-state index is 12.5. The molecule has 9 heteroatoms. The second kappa shape index (κ2) is 8.20. The van der Waals surface area contributed by atoms with Crippen LogP contribution in [0.2, 0.25) is 0 Å². The summed E-state index contributed by atoms with van der Waals surface area (Å²) in [6.07, 6.45) is 2.41. The van der Waals surface area contributed by atoms with E-state index in [1.165, 1.54) is 11.3 Å². The van der Waals surface area contributed by atoms with E-state index in [1.54, 1.807) is 10.3 Å². The van der Waals surface area contributed by atoms with Crippen molar-refractivity contribution in [1.82, 2.24) is 15.6 Å². The fourth-order valence-corrected chi connectivity index (χ4v) is 4.18. The number of fused-ring (bicyclic) bond motifs is 1. The largest absolute Gasteiger partial charge is 0.482 e. The van der Waals surface area contributed by atoms with Crippen molar-refractivity contribution in [1.29, 1.82) is 0 Å². The number of rotatable bonds is 4. The van der Waals surface area contributed by atoms with Crippen LogP contribution in [0.1, 0.15) is 40.3 Å². The average Bonchev–Trinajstić information content (AvgIpc) is 3.08. The van der Waals surface area contributed by atoms with Gasteiger partial charge in [0.05, 0.1) is 12.2 Å². The number of hydrogen-bond donors (Lipinski definition) is 2. The summed E-state index contributed by atoms with van der Waals surface area (Å²) in [5.74, 6) is -0.0279. The number of aromatic nitrogens is 1. The van der Waals surface area contributed by atoms with Crippen LogP contribution in [0.15, 0.2) is 23.6 Å². The Bertz CT molecular complexity index is 958.